The van der Waals surface area contributed by atoms with Gasteiger partial charge < -0.3 is 20.4 Å². The number of nitrogens with zero attached hydrogens (tertiary/aromatic N) is 1. The third-order valence-corrected chi connectivity index (χ3v) is 4.93. The highest BCUT2D eigenvalue weighted by Gasteiger charge is 2.33. The van der Waals surface area contributed by atoms with E-state index in [9.17, 15) is 9.59 Å². The van der Waals surface area contributed by atoms with Crippen molar-refractivity contribution in [2.24, 2.45) is 0 Å². The molecule has 4 rings (SSSR count). The predicted molar refractivity (Wildman–Crippen MR) is 106 cm³/mol. The quantitative estimate of drug-likeness (QED) is 0.588. The summed E-state index contributed by atoms with van der Waals surface area (Å²) in [7, 11) is 0. The maximum absolute atomic E-state index is 12.2. The molecular formula is C20H19ClN4O3. The van der Waals surface area contributed by atoms with Crippen LogP contribution in [-0.2, 0) is 9.59 Å². The van der Waals surface area contributed by atoms with Gasteiger partial charge in [-0.3, -0.25) is 9.59 Å². The summed E-state index contributed by atoms with van der Waals surface area (Å²) >= 11 is 6.00. The van der Waals surface area contributed by atoms with Crippen LogP contribution in [0.3, 0.4) is 0 Å². The first-order valence-electron chi connectivity index (χ1n) is 8.96. The van der Waals surface area contributed by atoms with Gasteiger partial charge in [-0.15, -0.1) is 0 Å². The molecule has 3 aromatic rings. The molecule has 0 aliphatic heterocycles. The number of hydrogen-bond acceptors (Lipinski definition) is 4. The first kappa shape index (κ1) is 18.3. The van der Waals surface area contributed by atoms with Gasteiger partial charge in [-0.05, 0) is 30.7 Å². The van der Waals surface area contributed by atoms with E-state index in [4.69, 9.17) is 16.3 Å². The zero-order chi connectivity index (χ0) is 19.7. The molecule has 7 nitrogen and oxygen atoms in total. The summed E-state index contributed by atoms with van der Waals surface area (Å²) in [5.74, 6) is -0.824. The number of hydrogen-bond donors (Lipinski definition) is 3. The van der Waals surface area contributed by atoms with E-state index >= 15 is 0 Å². The molecule has 1 fully saturated rings. The van der Waals surface area contributed by atoms with Gasteiger partial charge in [0.2, 0.25) is 5.88 Å². The number of carbonyl (C=O) groups excluding carboxylic acids is 2. The van der Waals surface area contributed by atoms with Crippen LogP contribution < -0.4 is 15.4 Å². The summed E-state index contributed by atoms with van der Waals surface area (Å²) in [4.78, 5) is 31.6. The highest BCUT2D eigenvalue weighted by molar-refractivity contribution is 6.40. The number of anilines is 1. The van der Waals surface area contributed by atoms with Crippen LogP contribution in [0.25, 0.3) is 10.9 Å². The maximum Gasteiger partial charge on any atom is 0.313 e. The highest BCUT2D eigenvalue weighted by Crippen LogP contribution is 2.27. The van der Waals surface area contributed by atoms with E-state index in [1.165, 1.54) is 0 Å². The lowest BCUT2D eigenvalue weighted by Gasteiger charge is -2.35. The molecule has 0 atom stereocenters. The summed E-state index contributed by atoms with van der Waals surface area (Å²) in [6.45, 7) is 1.96. The number of fused-ring (bicyclic) bond motifs is 1. The van der Waals surface area contributed by atoms with E-state index in [1.807, 2.05) is 25.1 Å². The Hall–Kier alpha value is -3.06. The van der Waals surface area contributed by atoms with Gasteiger partial charge in [0.05, 0.1) is 5.69 Å². The van der Waals surface area contributed by atoms with Gasteiger partial charge in [0.1, 0.15) is 6.10 Å². The summed E-state index contributed by atoms with van der Waals surface area (Å²) < 4.78 is 5.74. The average molecular weight is 399 g/mol. The van der Waals surface area contributed by atoms with Gasteiger partial charge >= 0.3 is 11.8 Å². The Bertz CT molecular complexity index is 1030. The summed E-state index contributed by atoms with van der Waals surface area (Å²) in [5, 5.41) is 6.64. The van der Waals surface area contributed by atoms with Crippen LogP contribution in [-0.4, -0.2) is 33.9 Å². The number of ether oxygens (including phenoxy) is 1. The second-order valence-electron chi connectivity index (χ2n) is 6.90. The third-order valence-electron chi connectivity index (χ3n) is 4.70. The van der Waals surface area contributed by atoms with Crippen LogP contribution in [0.5, 0.6) is 5.88 Å². The van der Waals surface area contributed by atoms with Crippen LogP contribution in [0.2, 0.25) is 5.02 Å². The Balaban J connectivity index is 1.28. The van der Waals surface area contributed by atoms with Crippen molar-refractivity contribution in [1.82, 2.24) is 15.3 Å². The predicted octanol–water partition coefficient (Wildman–Crippen LogP) is 3.19. The molecule has 28 heavy (non-hydrogen) atoms. The molecule has 0 saturated heterocycles. The maximum atomic E-state index is 12.2. The van der Waals surface area contributed by atoms with E-state index < -0.39 is 11.8 Å². The third kappa shape index (κ3) is 3.94. The normalized spacial score (nSPS) is 18.4. The fraction of sp³-hybridized carbons (Fsp3) is 0.250. The number of carbonyl (C=O) groups is 2. The number of aromatic nitrogens is 2. The van der Waals surface area contributed by atoms with Gasteiger partial charge in [-0.25, -0.2) is 4.98 Å². The number of benzene rings is 1. The number of aromatic amines is 1. The second kappa shape index (κ2) is 7.52. The number of amides is 2. The highest BCUT2D eigenvalue weighted by atomic mass is 35.5. The zero-order valence-electron chi connectivity index (χ0n) is 15.2. The molecule has 2 aromatic heterocycles. The minimum Gasteiger partial charge on any atom is -0.474 e. The molecule has 8 heteroatoms. The molecule has 1 saturated carbocycles. The molecule has 1 aromatic carbocycles. The first-order valence-corrected chi connectivity index (χ1v) is 9.33. The van der Waals surface area contributed by atoms with Gasteiger partial charge in [-0.1, -0.05) is 17.7 Å². The lowest BCUT2D eigenvalue weighted by Crippen LogP contribution is -2.51. The van der Waals surface area contributed by atoms with Crippen molar-refractivity contribution in [3.63, 3.8) is 0 Å². The zero-order valence-corrected chi connectivity index (χ0v) is 15.9. The molecule has 1 aliphatic rings. The number of nitrogens with one attached hydrogen (secondary N) is 3. The first-order chi connectivity index (χ1) is 13.5. The molecule has 0 radical (unpaired) electrons. The van der Waals surface area contributed by atoms with E-state index in [0.29, 0.717) is 29.4 Å². The minimum atomic E-state index is -0.717. The molecule has 0 spiro atoms. The largest absolute Gasteiger partial charge is 0.474 e. The van der Waals surface area contributed by atoms with Crippen molar-refractivity contribution >= 4 is 40.0 Å². The van der Waals surface area contributed by atoms with Crippen molar-refractivity contribution < 1.29 is 14.3 Å². The molecule has 2 amide bonds. The van der Waals surface area contributed by atoms with E-state index in [0.717, 1.165) is 16.5 Å². The molecule has 3 N–H and O–H groups in total. The molecular weight excluding hydrogens is 380 g/mol. The van der Waals surface area contributed by atoms with E-state index in [2.05, 4.69) is 20.6 Å². The van der Waals surface area contributed by atoms with Gasteiger partial charge in [0.25, 0.3) is 0 Å². The minimum absolute atomic E-state index is 0.0145. The molecule has 1 aliphatic carbocycles. The van der Waals surface area contributed by atoms with Crippen LogP contribution in [0.1, 0.15) is 18.4 Å². The van der Waals surface area contributed by atoms with Gasteiger partial charge in [-0.2, -0.15) is 0 Å². The van der Waals surface area contributed by atoms with E-state index in [1.54, 1.807) is 24.5 Å². The van der Waals surface area contributed by atoms with Gasteiger partial charge in [0, 0.05) is 53.3 Å². The Morgan fingerprint density at radius 2 is 2.04 bits per heavy atom. The topological polar surface area (TPSA) is 96.1 Å². The van der Waals surface area contributed by atoms with Crippen molar-refractivity contribution in [1.29, 1.82) is 0 Å². The second-order valence-corrected chi connectivity index (χ2v) is 7.34. The fourth-order valence-electron chi connectivity index (χ4n) is 3.10. The van der Waals surface area contributed by atoms with Crippen LogP contribution in [0.4, 0.5) is 5.69 Å². The molecule has 0 unspecified atom stereocenters. The SMILES string of the molecule is Cc1ccc(O[C@H]2C[C@H](NC(=O)C(=O)Nc3c[nH]c4ccc(Cl)cc34)C2)nc1. The summed E-state index contributed by atoms with van der Waals surface area (Å²) in [5.41, 5.74) is 2.40. The standard InChI is InChI=1S/C20H19ClN4O3/c1-11-2-5-18(23-9-11)28-14-7-13(8-14)24-19(26)20(27)25-17-10-22-16-4-3-12(21)6-15(16)17/h2-6,9-10,13-14,22H,7-8H2,1H3,(H,24,26)(H,25,27)/t13-,14-. The van der Waals surface area contributed by atoms with Crippen molar-refractivity contribution in [2.45, 2.75) is 31.9 Å². The molecule has 2 heterocycles. The van der Waals surface area contributed by atoms with Crippen molar-refractivity contribution in [2.75, 3.05) is 5.32 Å². The van der Waals surface area contributed by atoms with Crippen LogP contribution >= 0.6 is 11.6 Å². The Kier molecular flexibility index (Phi) is 4.92. The number of H-pyrrole nitrogens is 1. The Labute approximate surface area is 166 Å². The number of pyridine rings is 1. The monoisotopic (exact) mass is 398 g/mol. The Morgan fingerprint density at radius 1 is 1.21 bits per heavy atom. The number of halogens is 1. The van der Waals surface area contributed by atoms with Crippen molar-refractivity contribution in [3.8, 4) is 5.88 Å². The fourth-order valence-corrected chi connectivity index (χ4v) is 3.27. The van der Waals surface area contributed by atoms with Crippen LogP contribution in [0, 0.1) is 6.92 Å². The summed E-state index contributed by atoms with van der Waals surface area (Å²) in [6, 6.07) is 8.95. The lowest BCUT2D eigenvalue weighted by molar-refractivity contribution is -0.137. The van der Waals surface area contributed by atoms with Crippen LogP contribution in [0.15, 0.2) is 42.7 Å². The lowest BCUT2D eigenvalue weighted by atomic mass is 9.89. The number of rotatable bonds is 4. The molecule has 0 bridgehead atoms. The van der Waals surface area contributed by atoms with Gasteiger partial charge in [0.15, 0.2) is 0 Å². The summed E-state index contributed by atoms with van der Waals surface area (Å²) in [6.07, 6.45) is 4.64. The van der Waals surface area contributed by atoms with Crippen molar-refractivity contribution in [3.05, 3.63) is 53.3 Å². The Morgan fingerprint density at radius 3 is 2.79 bits per heavy atom. The average Bonchev–Trinajstić information content (AvgIpc) is 3.03. The smallest absolute Gasteiger partial charge is 0.313 e. The number of aryl methyl sites for hydroxylation is 1. The molecule has 144 valence electrons. The van der Waals surface area contributed by atoms with E-state index in [-0.39, 0.29) is 12.1 Å².